The highest BCUT2D eigenvalue weighted by Gasteiger charge is 2.33. The molecule has 0 fully saturated rings. The first kappa shape index (κ1) is 19.1. The summed E-state index contributed by atoms with van der Waals surface area (Å²) in [6.45, 7) is -0.792. The van der Waals surface area contributed by atoms with E-state index in [2.05, 4.69) is 0 Å². The lowest BCUT2D eigenvalue weighted by atomic mass is 9.92. The second-order valence-electron chi connectivity index (χ2n) is 5.67. The molecular formula is C19H22O6. The number of benzene rings is 2. The molecule has 134 valence electrons. The van der Waals surface area contributed by atoms with Gasteiger partial charge in [0.1, 0.15) is 30.2 Å². The minimum atomic E-state index is -1.88. The van der Waals surface area contributed by atoms with E-state index in [0.717, 1.165) is 0 Å². The van der Waals surface area contributed by atoms with Crippen molar-refractivity contribution in [3.8, 4) is 0 Å². The standard InChI is InChI=1S/C19H22O6/c20-11-14(21)16(22)18(24)19(25)17(23)15(12-7-3-1-4-8-12)13-9-5-2-6-10-13/h1-10,14,16,18-25H,11H2. The molecule has 6 nitrogen and oxygen atoms in total. The van der Waals surface area contributed by atoms with Gasteiger partial charge in [-0.25, -0.2) is 0 Å². The van der Waals surface area contributed by atoms with Gasteiger partial charge in [-0.2, -0.15) is 0 Å². The van der Waals surface area contributed by atoms with Crippen molar-refractivity contribution in [1.82, 2.24) is 0 Å². The zero-order valence-corrected chi connectivity index (χ0v) is 13.5. The fourth-order valence-corrected chi connectivity index (χ4v) is 2.50. The third kappa shape index (κ3) is 4.45. The summed E-state index contributed by atoms with van der Waals surface area (Å²) >= 11 is 0. The van der Waals surface area contributed by atoms with E-state index in [1.807, 2.05) is 0 Å². The zero-order chi connectivity index (χ0) is 18.4. The highest BCUT2D eigenvalue weighted by atomic mass is 16.4. The maximum atomic E-state index is 10.6. The SMILES string of the molecule is OCC(O)C(O)C(O)C(O)C(O)=C(c1ccccc1)c1ccccc1. The molecule has 2 rings (SSSR count). The molecule has 0 radical (unpaired) electrons. The Bertz CT molecular complexity index is 644. The maximum Gasteiger partial charge on any atom is 0.140 e. The number of aliphatic hydroxyl groups excluding tert-OH is 6. The van der Waals surface area contributed by atoms with Crippen LogP contribution < -0.4 is 0 Å². The fourth-order valence-electron chi connectivity index (χ4n) is 2.50. The highest BCUT2D eigenvalue weighted by molar-refractivity contribution is 5.81. The van der Waals surface area contributed by atoms with Gasteiger partial charge in [0.2, 0.25) is 0 Å². The van der Waals surface area contributed by atoms with Gasteiger partial charge in [-0.05, 0) is 11.1 Å². The van der Waals surface area contributed by atoms with Gasteiger partial charge < -0.3 is 30.6 Å². The van der Waals surface area contributed by atoms with Crippen molar-refractivity contribution in [3.05, 3.63) is 77.5 Å². The zero-order valence-electron chi connectivity index (χ0n) is 13.5. The van der Waals surface area contributed by atoms with E-state index in [1.165, 1.54) is 0 Å². The molecule has 0 saturated carbocycles. The third-order valence-corrected chi connectivity index (χ3v) is 3.92. The van der Waals surface area contributed by atoms with Crippen molar-refractivity contribution < 1.29 is 30.6 Å². The second kappa shape index (κ2) is 8.75. The molecule has 25 heavy (non-hydrogen) atoms. The lowest BCUT2D eigenvalue weighted by Gasteiger charge is -2.26. The van der Waals surface area contributed by atoms with Crippen LogP contribution in [-0.4, -0.2) is 61.7 Å². The monoisotopic (exact) mass is 346 g/mol. The first-order chi connectivity index (χ1) is 12.0. The van der Waals surface area contributed by atoms with E-state index < -0.39 is 36.8 Å². The van der Waals surface area contributed by atoms with E-state index in [9.17, 15) is 25.5 Å². The summed E-state index contributed by atoms with van der Waals surface area (Å²) in [5, 5.41) is 59.0. The van der Waals surface area contributed by atoms with Gasteiger partial charge in [0, 0.05) is 5.57 Å². The van der Waals surface area contributed by atoms with Gasteiger partial charge in [-0.3, -0.25) is 0 Å². The number of aliphatic hydroxyl groups is 6. The highest BCUT2D eigenvalue weighted by Crippen LogP contribution is 2.28. The molecule has 4 atom stereocenters. The van der Waals surface area contributed by atoms with E-state index in [4.69, 9.17) is 5.11 Å². The second-order valence-corrected chi connectivity index (χ2v) is 5.67. The summed E-state index contributed by atoms with van der Waals surface area (Å²) in [6.07, 6.45) is -7.21. The van der Waals surface area contributed by atoms with Crippen LogP contribution >= 0.6 is 0 Å². The predicted molar refractivity (Wildman–Crippen MR) is 92.6 cm³/mol. The van der Waals surface area contributed by atoms with Crippen LogP contribution in [0.1, 0.15) is 11.1 Å². The Morgan fingerprint density at radius 2 is 1.16 bits per heavy atom. The molecule has 0 bridgehead atoms. The molecular weight excluding hydrogens is 324 g/mol. The molecule has 0 aromatic heterocycles. The molecule has 2 aromatic carbocycles. The number of hydrogen-bond acceptors (Lipinski definition) is 6. The van der Waals surface area contributed by atoms with Crippen LogP contribution in [0.25, 0.3) is 5.57 Å². The smallest absolute Gasteiger partial charge is 0.140 e. The van der Waals surface area contributed by atoms with Crippen LogP contribution in [0.15, 0.2) is 66.4 Å². The van der Waals surface area contributed by atoms with Crippen molar-refractivity contribution >= 4 is 5.57 Å². The lowest BCUT2D eigenvalue weighted by Crippen LogP contribution is -2.46. The topological polar surface area (TPSA) is 121 Å². The lowest BCUT2D eigenvalue weighted by molar-refractivity contribution is -0.112. The Morgan fingerprint density at radius 3 is 1.56 bits per heavy atom. The summed E-state index contributed by atoms with van der Waals surface area (Å²) in [4.78, 5) is 0. The van der Waals surface area contributed by atoms with Gasteiger partial charge in [0.05, 0.1) is 6.61 Å². The Labute approximate surface area is 145 Å². The van der Waals surface area contributed by atoms with E-state index in [1.54, 1.807) is 60.7 Å². The molecule has 0 aliphatic carbocycles. The quantitative estimate of drug-likeness (QED) is 0.405. The van der Waals surface area contributed by atoms with E-state index in [-0.39, 0.29) is 0 Å². The molecule has 2 aromatic rings. The van der Waals surface area contributed by atoms with Gasteiger partial charge in [-0.15, -0.1) is 0 Å². The van der Waals surface area contributed by atoms with Crippen molar-refractivity contribution in [2.75, 3.05) is 6.61 Å². The Hall–Kier alpha value is -2.22. The van der Waals surface area contributed by atoms with Crippen LogP contribution in [0.2, 0.25) is 0 Å². The van der Waals surface area contributed by atoms with E-state index >= 15 is 0 Å². The minimum absolute atomic E-state index is 0.290. The maximum absolute atomic E-state index is 10.6. The molecule has 6 heteroatoms. The molecule has 0 spiro atoms. The molecule has 0 heterocycles. The molecule has 0 aliphatic heterocycles. The summed E-state index contributed by atoms with van der Waals surface area (Å²) in [7, 11) is 0. The Kier molecular flexibility index (Phi) is 6.69. The van der Waals surface area contributed by atoms with Gasteiger partial charge >= 0.3 is 0 Å². The average Bonchev–Trinajstić information content (AvgIpc) is 2.67. The fraction of sp³-hybridized carbons (Fsp3) is 0.263. The van der Waals surface area contributed by atoms with Gasteiger partial charge in [0.15, 0.2) is 0 Å². The van der Waals surface area contributed by atoms with E-state index in [0.29, 0.717) is 16.7 Å². The van der Waals surface area contributed by atoms with Crippen LogP contribution in [-0.2, 0) is 0 Å². The number of rotatable bonds is 7. The molecule has 4 unspecified atom stereocenters. The van der Waals surface area contributed by atoms with Gasteiger partial charge in [-0.1, -0.05) is 60.7 Å². The Morgan fingerprint density at radius 1 is 0.720 bits per heavy atom. The molecule has 0 aliphatic rings. The average molecular weight is 346 g/mol. The van der Waals surface area contributed by atoms with Crippen LogP contribution in [0.5, 0.6) is 0 Å². The summed E-state index contributed by atoms with van der Waals surface area (Å²) in [6, 6.07) is 17.6. The largest absolute Gasteiger partial charge is 0.509 e. The summed E-state index contributed by atoms with van der Waals surface area (Å²) in [5.74, 6) is -0.547. The summed E-state index contributed by atoms with van der Waals surface area (Å²) in [5.41, 5.74) is 1.50. The number of hydrogen-bond donors (Lipinski definition) is 6. The normalized spacial score (nSPS) is 15.9. The van der Waals surface area contributed by atoms with Crippen LogP contribution in [0.3, 0.4) is 0 Å². The summed E-state index contributed by atoms with van der Waals surface area (Å²) < 4.78 is 0. The molecule has 0 amide bonds. The predicted octanol–water partition coefficient (Wildman–Crippen LogP) is 0.440. The van der Waals surface area contributed by atoms with Crippen LogP contribution in [0.4, 0.5) is 0 Å². The van der Waals surface area contributed by atoms with Crippen molar-refractivity contribution in [2.45, 2.75) is 24.4 Å². The molecule has 6 N–H and O–H groups in total. The first-order valence-corrected chi connectivity index (χ1v) is 7.84. The minimum Gasteiger partial charge on any atom is -0.509 e. The molecule has 0 saturated heterocycles. The van der Waals surface area contributed by atoms with Crippen molar-refractivity contribution in [2.24, 2.45) is 0 Å². The third-order valence-electron chi connectivity index (χ3n) is 3.92. The first-order valence-electron chi connectivity index (χ1n) is 7.84. The van der Waals surface area contributed by atoms with Crippen molar-refractivity contribution in [1.29, 1.82) is 0 Å². The van der Waals surface area contributed by atoms with Crippen molar-refractivity contribution in [3.63, 3.8) is 0 Å². The van der Waals surface area contributed by atoms with Crippen LogP contribution in [0, 0.1) is 0 Å². The Balaban J connectivity index is 2.47. The van der Waals surface area contributed by atoms with Gasteiger partial charge in [0.25, 0.3) is 0 Å².